The number of hydrogen-bond donors (Lipinski definition) is 2. The molecule has 192 valence electrons. The summed E-state index contributed by atoms with van der Waals surface area (Å²) in [5.74, 6) is 3.24. The average Bonchev–Trinajstić information content (AvgIpc) is 2.92. The topological polar surface area (TPSA) is 74.8 Å². The number of likely N-dealkylation sites (tertiary alicyclic amines) is 1. The van der Waals surface area contributed by atoms with Gasteiger partial charge in [0.15, 0.2) is 11.5 Å². The molecule has 3 saturated heterocycles. The van der Waals surface area contributed by atoms with Gasteiger partial charge in [0.1, 0.15) is 5.82 Å². The van der Waals surface area contributed by atoms with E-state index in [-0.39, 0.29) is 0 Å². The molecule has 0 amide bonds. The normalized spacial score (nSPS) is 21.7. The number of piperidine rings is 3. The average molecular weight is 483 g/mol. The van der Waals surface area contributed by atoms with Crippen LogP contribution in [-0.2, 0) is 0 Å². The highest BCUT2D eigenvalue weighted by molar-refractivity contribution is 5.93. The van der Waals surface area contributed by atoms with E-state index in [1.165, 1.54) is 58.0 Å². The van der Waals surface area contributed by atoms with Gasteiger partial charge in [0.25, 0.3) is 0 Å². The maximum atomic E-state index is 6.25. The number of ether oxygens (including phenoxy) is 2. The van der Waals surface area contributed by atoms with Crippen molar-refractivity contribution in [3.63, 3.8) is 0 Å². The standard InChI is InChI=1S/C27H42N6O2/c1-34-24-18-22-23(19-25(24)35-17-9-14-32-12-4-2-5-13-32)30-27(33-15-6-3-7-16-33)31-26(22)29-21-10-8-11-28-20-21/h18-19,21,28H,2-17,20H2,1H3,(H,29,30,31)/t21-/m0/s1. The molecule has 2 aromatic rings. The van der Waals surface area contributed by atoms with Crippen LogP contribution in [0.25, 0.3) is 10.9 Å². The van der Waals surface area contributed by atoms with Crippen LogP contribution in [0.5, 0.6) is 11.5 Å². The van der Waals surface area contributed by atoms with Crippen molar-refractivity contribution in [2.45, 2.75) is 63.8 Å². The molecule has 0 aliphatic carbocycles. The monoisotopic (exact) mass is 482 g/mol. The molecule has 1 atom stereocenters. The quantitative estimate of drug-likeness (QED) is 0.519. The highest BCUT2D eigenvalue weighted by Gasteiger charge is 2.21. The van der Waals surface area contributed by atoms with Crippen LogP contribution in [0.15, 0.2) is 12.1 Å². The number of hydrogen-bond acceptors (Lipinski definition) is 8. The summed E-state index contributed by atoms with van der Waals surface area (Å²) < 4.78 is 12.0. The first kappa shape index (κ1) is 24.4. The van der Waals surface area contributed by atoms with Crippen LogP contribution in [0.2, 0.25) is 0 Å². The predicted octanol–water partition coefficient (Wildman–Crippen LogP) is 4.05. The first-order chi connectivity index (χ1) is 17.3. The van der Waals surface area contributed by atoms with E-state index in [9.17, 15) is 0 Å². The Morgan fingerprint density at radius 2 is 1.77 bits per heavy atom. The number of benzene rings is 1. The Kier molecular flexibility index (Phi) is 8.42. The SMILES string of the molecule is COc1cc2c(N[C@H]3CCCNC3)nc(N3CCCCC3)nc2cc1OCCCN1CCCCC1. The molecule has 0 bridgehead atoms. The van der Waals surface area contributed by atoms with Crippen LogP contribution in [-0.4, -0.2) is 80.4 Å². The first-order valence-corrected chi connectivity index (χ1v) is 13.8. The lowest BCUT2D eigenvalue weighted by Crippen LogP contribution is -2.39. The molecule has 2 N–H and O–H groups in total. The Balaban J connectivity index is 1.37. The maximum absolute atomic E-state index is 6.25. The van der Waals surface area contributed by atoms with Crippen LogP contribution < -0.4 is 25.0 Å². The Labute approximate surface area is 209 Å². The molecule has 3 aliphatic rings. The smallest absolute Gasteiger partial charge is 0.227 e. The van der Waals surface area contributed by atoms with E-state index in [0.29, 0.717) is 12.6 Å². The highest BCUT2D eigenvalue weighted by Crippen LogP contribution is 2.36. The third-order valence-electron chi connectivity index (χ3n) is 7.57. The van der Waals surface area contributed by atoms with Crippen LogP contribution in [0.1, 0.15) is 57.8 Å². The molecule has 1 aromatic heterocycles. The Bertz CT molecular complexity index is 952. The molecule has 0 spiro atoms. The molecule has 0 radical (unpaired) electrons. The van der Waals surface area contributed by atoms with Gasteiger partial charge >= 0.3 is 0 Å². The van der Waals surface area contributed by atoms with Crippen LogP contribution in [0.4, 0.5) is 11.8 Å². The zero-order chi connectivity index (χ0) is 23.9. The van der Waals surface area contributed by atoms with Gasteiger partial charge < -0.3 is 29.9 Å². The second-order valence-electron chi connectivity index (χ2n) is 10.2. The molecule has 1 aromatic carbocycles. The van der Waals surface area contributed by atoms with Crippen molar-refractivity contribution in [2.75, 3.05) is 69.7 Å². The Morgan fingerprint density at radius 3 is 2.51 bits per heavy atom. The van der Waals surface area contributed by atoms with Gasteiger partial charge in [-0.25, -0.2) is 4.98 Å². The van der Waals surface area contributed by atoms with E-state index in [4.69, 9.17) is 19.4 Å². The fourth-order valence-corrected chi connectivity index (χ4v) is 5.56. The zero-order valence-corrected chi connectivity index (χ0v) is 21.4. The first-order valence-electron chi connectivity index (χ1n) is 13.8. The van der Waals surface area contributed by atoms with Gasteiger partial charge in [0.2, 0.25) is 5.95 Å². The van der Waals surface area contributed by atoms with E-state index in [1.54, 1.807) is 7.11 Å². The lowest BCUT2D eigenvalue weighted by Gasteiger charge is -2.29. The van der Waals surface area contributed by atoms with Gasteiger partial charge in [-0.2, -0.15) is 4.98 Å². The number of nitrogens with zero attached hydrogens (tertiary/aromatic N) is 4. The molecule has 8 heteroatoms. The largest absolute Gasteiger partial charge is 0.493 e. The van der Waals surface area contributed by atoms with Crippen molar-refractivity contribution in [1.29, 1.82) is 0 Å². The van der Waals surface area contributed by atoms with Crippen LogP contribution >= 0.6 is 0 Å². The minimum atomic E-state index is 0.368. The van der Waals surface area contributed by atoms with Gasteiger partial charge in [-0.3, -0.25) is 0 Å². The van der Waals surface area contributed by atoms with Gasteiger partial charge in [0.05, 0.1) is 19.2 Å². The van der Waals surface area contributed by atoms with E-state index in [1.807, 2.05) is 6.07 Å². The number of fused-ring (bicyclic) bond motifs is 1. The summed E-state index contributed by atoms with van der Waals surface area (Å²) in [4.78, 5) is 14.9. The summed E-state index contributed by atoms with van der Waals surface area (Å²) in [5.41, 5.74) is 0.915. The number of aromatic nitrogens is 2. The minimum absolute atomic E-state index is 0.368. The molecular weight excluding hydrogens is 440 g/mol. The third-order valence-corrected chi connectivity index (χ3v) is 7.57. The molecule has 0 saturated carbocycles. The lowest BCUT2D eigenvalue weighted by molar-refractivity contribution is 0.203. The Hall–Kier alpha value is -2.32. The van der Waals surface area contributed by atoms with Gasteiger partial charge in [-0.1, -0.05) is 6.42 Å². The summed E-state index contributed by atoms with van der Waals surface area (Å²) in [6.07, 6.45) is 11.1. The van der Waals surface area contributed by atoms with Crippen molar-refractivity contribution in [3.05, 3.63) is 12.1 Å². The summed E-state index contributed by atoms with van der Waals surface area (Å²) >= 11 is 0. The lowest BCUT2D eigenvalue weighted by atomic mass is 10.1. The molecule has 8 nitrogen and oxygen atoms in total. The number of methoxy groups -OCH3 is 1. The highest BCUT2D eigenvalue weighted by atomic mass is 16.5. The molecule has 3 aliphatic heterocycles. The summed E-state index contributed by atoms with van der Waals surface area (Å²) in [6.45, 7) is 8.32. The van der Waals surface area contributed by atoms with Crippen molar-refractivity contribution < 1.29 is 9.47 Å². The summed E-state index contributed by atoms with van der Waals surface area (Å²) in [7, 11) is 1.71. The molecule has 4 heterocycles. The number of anilines is 2. The summed E-state index contributed by atoms with van der Waals surface area (Å²) in [5, 5.41) is 8.22. The number of rotatable bonds is 9. The third kappa shape index (κ3) is 6.28. The maximum Gasteiger partial charge on any atom is 0.227 e. The molecular formula is C27H42N6O2. The fraction of sp³-hybridized carbons (Fsp3) is 0.704. The zero-order valence-electron chi connectivity index (χ0n) is 21.4. The molecule has 35 heavy (non-hydrogen) atoms. The van der Waals surface area contributed by atoms with Crippen molar-refractivity contribution in [1.82, 2.24) is 20.2 Å². The van der Waals surface area contributed by atoms with Crippen LogP contribution in [0, 0.1) is 0 Å². The van der Waals surface area contributed by atoms with E-state index < -0.39 is 0 Å². The summed E-state index contributed by atoms with van der Waals surface area (Å²) in [6, 6.07) is 4.47. The van der Waals surface area contributed by atoms with Gasteiger partial charge in [-0.15, -0.1) is 0 Å². The minimum Gasteiger partial charge on any atom is -0.493 e. The van der Waals surface area contributed by atoms with Gasteiger partial charge in [-0.05, 0) is 77.1 Å². The molecule has 0 unspecified atom stereocenters. The van der Waals surface area contributed by atoms with E-state index >= 15 is 0 Å². The predicted molar refractivity (Wildman–Crippen MR) is 142 cm³/mol. The second kappa shape index (κ2) is 12.1. The van der Waals surface area contributed by atoms with E-state index in [2.05, 4.69) is 26.5 Å². The van der Waals surface area contributed by atoms with Crippen LogP contribution in [0.3, 0.4) is 0 Å². The van der Waals surface area contributed by atoms with E-state index in [0.717, 1.165) is 79.7 Å². The fourth-order valence-electron chi connectivity index (χ4n) is 5.56. The van der Waals surface area contributed by atoms with Crippen molar-refractivity contribution in [2.24, 2.45) is 0 Å². The number of nitrogens with one attached hydrogen (secondary N) is 2. The second-order valence-corrected chi connectivity index (χ2v) is 10.2. The van der Waals surface area contributed by atoms with Gasteiger partial charge in [0, 0.05) is 43.7 Å². The Morgan fingerprint density at radius 1 is 0.971 bits per heavy atom. The molecule has 3 fully saturated rings. The molecule has 5 rings (SSSR count). The van der Waals surface area contributed by atoms with Crippen molar-refractivity contribution >= 4 is 22.7 Å². The van der Waals surface area contributed by atoms with Crippen molar-refractivity contribution in [3.8, 4) is 11.5 Å².